The molecular weight excluding hydrogens is 881 g/mol. The zero-order valence-electron chi connectivity index (χ0n) is 60.3. The van der Waals surface area contributed by atoms with Gasteiger partial charge >= 0.3 is 0 Å². The molecule has 0 saturated heterocycles. The molecule has 0 amide bonds. The van der Waals surface area contributed by atoms with Crippen molar-refractivity contribution in [2.45, 2.75) is 0 Å². The molecule has 0 spiro atoms. The summed E-state index contributed by atoms with van der Waals surface area (Å²) in [7, 11) is 0. The van der Waals surface area contributed by atoms with Gasteiger partial charge in [-0.3, -0.25) is 0 Å². The predicted molar refractivity (Wildman–Crippen MR) is 312 cm³/mol. The largest absolute Gasteiger partial charge is 0.456 e. The number of rotatable bonds is 5. The van der Waals surface area contributed by atoms with Crippen LogP contribution >= 0.6 is 0 Å². The van der Waals surface area contributed by atoms with Crippen molar-refractivity contribution < 1.29 is 34.6 Å². The highest BCUT2D eigenvalue weighted by molar-refractivity contribution is 6.25. The van der Waals surface area contributed by atoms with E-state index in [9.17, 15) is 5.48 Å². The first-order valence-electron chi connectivity index (χ1n) is 34.4. The molecule has 0 aliphatic rings. The summed E-state index contributed by atoms with van der Waals surface area (Å²) in [6, 6.07) is 34.7. The van der Waals surface area contributed by atoms with E-state index in [4.69, 9.17) is 29.1 Å². The van der Waals surface area contributed by atoms with Crippen LogP contribution in [0.4, 0.5) is 0 Å². The molecule has 0 unspecified atom stereocenters. The van der Waals surface area contributed by atoms with Crippen LogP contribution in [0.25, 0.3) is 142 Å². The third kappa shape index (κ3) is 7.24. The maximum atomic E-state index is 9.64. The molecule has 0 saturated carbocycles. The van der Waals surface area contributed by atoms with Gasteiger partial charge in [0.15, 0.2) is 0 Å². The highest BCUT2D eigenvalue weighted by Gasteiger charge is 2.20. The smallest absolute Gasteiger partial charge is 0.136 e. The number of fused-ring (bicyclic) bond motifs is 9. The molecule has 0 fully saturated rings. The van der Waals surface area contributed by atoms with Crippen molar-refractivity contribution in [2.75, 3.05) is 0 Å². The van der Waals surface area contributed by atoms with Gasteiger partial charge in [0, 0.05) is 10.8 Å². The molecule has 0 bridgehead atoms. The van der Waals surface area contributed by atoms with Crippen molar-refractivity contribution in [3.05, 3.63) is 279 Å². The van der Waals surface area contributed by atoms with Crippen molar-refractivity contribution in [2.24, 2.45) is 0 Å². The van der Waals surface area contributed by atoms with Gasteiger partial charge in [0.05, 0.1) is 30.2 Å². The molecular formula is C72H46O. The zero-order chi connectivity index (χ0) is 67.4. The van der Waals surface area contributed by atoms with Gasteiger partial charge in [-0.15, -0.1) is 0 Å². The lowest BCUT2D eigenvalue weighted by Gasteiger charge is -2.19. The first-order valence-corrected chi connectivity index (χ1v) is 23.4. The van der Waals surface area contributed by atoms with Gasteiger partial charge in [-0.2, -0.15) is 0 Å². The Morgan fingerprint density at radius 3 is 1.33 bits per heavy atom. The van der Waals surface area contributed by atoms with Gasteiger partial charge in [0.1, 0.15) is 11.2 Å². The second kappa shape index (κ2) is 17.7. The number of hydrogen-bond acceptors (Lipinski definition) is 1. The third-order valence-corrected chi connectivity index (χ3v) is 13.2. The van der Waals surface area contributed by atoms with Crippen LogP contribution in [-0.4, -0.2) is 0 Å². The van der Waals surface area contributed by atoms with Crippen molar-refractivity contribution in [3.63, 3.8) is 0 Å². The minimum absolute atomic E-state index is 0.393. The Morgan fingerprint density at radius 1 is 0.247 bits per heavy atom. The summed E-state index contributed by atoms with van der Waals surface area (Å²) in [5, 5.41) is 3.55. The van der Waals surface area contributed by atoms with Crippen LogP contribution in [0.5, 0.6) is 0 Å². The van der Waals surface area contributed by atoms with Crippen LogP contribution in [0.1, 0.15) is 30.2 Å². The molecule has 1 heterocycles. The fourth-order valence-electron chi connectivity index (χ4n) is 10.1. The summed E-state index contributed by atoms with van der Waals surface area (Å²) < 4.78 is 199. The summed E-state index contributed by atoms with van der Waals surface area (Å²) in [6.07, 6.45) is 0. The van der Waals surface area contributed by atoms with E-state index in [0.717, 1.165) is 0 Å². The van der Waals surface area contributed by atoms with Crippen LogP contribution in [-0.2, 0) is 0 Å². The summed E-state index contributed by atoms with van der Waals surface area (Å²) in [5.41, 5.74) is 4.01. The fraction of sp³-hybridized carbons (Fsp3) is 0. The highest BCUT2D eigenvalue weighted by atomic mass is 16.3. The molecule has 1 heteroatoms. The Morgan fingerprint density at radius 2 is 0.712 bits per heavy atom. The highest BCUT2D eigenvalue weighted by Crippen LogP contribution is 2.48. The van der Waals surface area contributed by atoms with E-state index in [0.29, 0.717) is 0 Å². The molecule has 15 aromatic rings. The van der Waals surface area contributed by atoms with Crippen molar-refractivity contribution in [1.82, 2.24) is 0 Å². The predicted octanol–water partition coefficient (Wildman–Crippen LogP) is 20.5. The molecule has 0 aliphatic heterocycles. The van der Waals surface area contributed by atoms with Crippen molar-refractivity contribution >= 4 is 86.6 Å². The minimum atomic E-state index is -0.900. The fourth-order valence-corrected chi connectivity index (χ4v) is 10.1. The minimum Gasteiger partial charge on any atom is -0.456 e. The Balaban J connectivity index is 0.000000183. The van der Waals surface area contributed by atoms with Gasteiger partial charge in [0.25, 0.3) is 0 Å². The average Bonchev–Trinajstić information content (AvgIpc) is 1.52. The van der Waals surface area contributed by atoms with E-state index in [2.05, 4.69) is 146 Å². The van der Waals surface area contributed by atoms with E-state index in [1.807, 2.05) is 0 Å². The average molecular weight is 949 g/mol. The summed E-state index contributed by atoms with van der Waals surface area (Å²) in [5.74, 6) is 0. The molecule has 0 N–H and O–H groups in total. The normalized spacial score (nSPS) is 15.8. The number of furan rings is 1. The van der Waals surface area contributed by atoms with Gasteiger partial charge < -0.3 is 4.42 Å². The molecule has 0 aliphatic carbocycles. The lowest BCUT2D eigenvalue weighted by atomic mass is 9.84. The summed E-state index contributed by atoms with van der Waals surface area (Å²) in [4.78, 5) is 0. The first kappa shape index (κ1) is 25.5. The third-order valence-electron chi connectivity index (χ3n) is 13.2. The standard InChI is InChI=1S/C36H22O.C36H24/c1-2-10-23(11-3-1)35-27-14-6-8-16-29(27)36(30-17-9-7-15-28(30)35)26-18-19-33-31(21-26)32-20-24-12-4-5-13-25(24)22-34(32)37-33;1-3-13-25(14-4-1)28-23-27-17-7-8-18-29(27)34(24-28)36-32-21-11-9-19-30(32)35(26-15-5-2-6-16-26)31-20-10-12-22-33(31)36/h1-22H;1-24H/i1D,2D,3D,4D,5D,6D,7D,8D,9D,10D,11D,12D,13D,14D,15D,16D,17D,18D,19D,20D,21D,22D;. The van der Waals surface area contributed by atoms with Crippen LogP contribution in [0.2, 0.25) is 0 Å². The second-order valence-electron chi connectivity index (χ2n) is 17.3. The molecule has 1 aromatic heterocycles. The van der Waals surface area contributed by atoms with Gasteiger partial charge in [-0.25, -0.2) is 0 Å². The summed E-state index contributed by atoms with van der Waals surface area (Å²) in [6.45, 7) is 0. The van der Waals surface area contributed by atoms with E-state index in [1.54, 1.807) is 0 Å². The Bertz CT molecular complexity index is 5760. The number of benzene rings is 14. The zero-order valence-corrected chi connectivity index (χ0v) is 38.3. The monoisotopic (exact) mass is 948 g/mol. The van der Waals surface area contributed by atoms with Crippen molar-refractivity contribution in [3.8, 4) is 55.6 Å². The lowest BCUT2D eigenvalue weighted by molar-refractivity contribution is 0.669. The maximum absolute atomic E-state index is 9.64. The van der Waals surface area contributed by atoms with Crippen LogP contribution in [0.15, 0.2) is 283 Å². The molecule has 0 atom stereocenters. The second-order valence-corrected chi connectivity index (χ2v) is 17.3. The molecule has 0 radical (unpaired) electrons. The Hall–Kier alpha value is -9.56. The van der Waals surface area contributed by atoms with E-state index < -0.39 is 209 Å². The lowest BCUT2D eigenvalue weighted by Crippen LogP contribution is -1.92. The van der Waals surface area contributed by atoms with E-state index in [-0.39, 0.29) is 0 Å². The van der Waals surface area contributed by atoms with Gasteiger partial charge in [-0.1, -0.05) is 242 Å². The van der Waals surface area contributed by atoms with Crippen molar-refractivity contribution in [1.29, 1.82) is 0 Å². The SMILES string of the molecule is [2H]c1c([2H])c([2H])c(-c2c3c([2H])c([2H])c([2H])c([2H])c3c(-c3c([2H])c([2H])c4oc5c([2H])c6c([2H])c([2H])c([2H])c([2H])c6c([2H])c5c4c3[2H])c3c([2H])c([2H])c([2H])c([2H])c23)c([2H])c1[2H].c1ccc(-c2cc(-c3c4ccccc4c(-c4ccccc4)c4ccccc34)c3ccccc3c2)cc1. The van der Waals surface area contributed by atoms with Crippen LogP contribution < -0.4 is 0 Å². The number of hydrogen-bond donors (Lipinski definition) is 0. The molecule has 15 rings (SSSR count). The Kier molecular flexibility index (Phi) is 6.18. The first-order chi connectivity index (χ1) is 45.4. The molecule has 1 nitrogen and oxygen atoms in total. The van der Waals surface area contributed by atoms with E-state index >= 15 is 0 Å². The molecule has 14 aromatic carbocycles. The molecule has 73 heavy (non-hydrogen) atoms. The van der Waals surface area contributed by atoms with Crippen LogP contribution in [0, 0.1) is 0 Å². The van der Waals surface area contributed by atoms with Crippen LogP contribution in [0.3, 0.4) is 0 Å². The van der Waals surface area contributed by atoms with Gasteiger partial charge in [0.2, 0.25) is 0 Å². The van der Waals surface area contributed by atoms with Gasteiger partial charge in [-0.05, 0) is 157 Å². The summed E-state index contributed by atoms with van der Waals surface area (Å²) >= 11 is 0. The quantitative estimate of drug-likeness (QED) is 0.157. The topological polar surface area (TPSA) is 13.1 Å². The van der Waals surface area contributed by atoms with E-state index in [1.165, 1.54) is 65.7 Å². The molecule has 340 valence electrons. The maximum Gasteiger partial charge on any atom is 0.136 e. The Labute approximate surface area is 454 Å².